The Morgan fingerprint density at radius 1 is 1.15 bits per heavy atom. The van der Waals surface area contributed by atoms with Gasteiger partial charge in [-0.25, -0.2) is 0 Å². The van der Waals surface area contributed by atoms with E-state index < -0.39 is 6.10 Å². The molecule has 0 radical (unpaired) electrons. The van der Waals surface area contributed by atoms with Crippen LogP contribution in [-0.2, 0) is 4.79 Å². The predicted octanol–water partition coefficient (Wildman–Crippen LogP) is 4.14. The Balaban J connectivity index is 1.75. The maximum Gasteiger partial charge on any atom is 0.265 e. The van der Waals surface area contributed by atoms with E-state index in [4.69, 9.17) is 14.2 Å². The van der Waals surface area contributed by atoms with Gasteiger partial charge in [-0.15, -0.1) is 0 Å². The quantitative estimate of drug-likeness (QED) is 0.860. The van der Waals surface area contributed by atoms with Crippen molar-refractivity contribution in [3.05, 3.63) is 53.1 Å². The lowest BCUT2D eigenvalue weighted by Gasteiger charge is -2.27. The van der Waals surface area contributed by atoms with Crippen molar-refractivity contribution in [2.24, 2.45) is 0 Å². The Morgan fingerprint density at radius 2 is 1.85 bits per heavy atom. The second-order valence-corrected chi connectivity index (χ2v) is 7.20. The number of rotatable bonds is 5. The van der Waals surface area contributed by atoms with Crippen molar-refractivity contribution >= 4 is 5.91 Å². The number of methoxy groups -OCH3 is 1. The molecule has 1 aliphatic heterocycles. The molecule has 0 aliphatic carbocycles. The third-order valence-corrected chi connectivity index (χ3v) is 4.87. The summed E-state index contributed by atoms with van der Waals surface area (Å²) < 4.78 is 17.0. The largest absolute Gasteiger partial charge is 0.496 e. The SMILES string of the molecule is COc1cc(C)c([C@H](C)NC(=O)[C@H]2COc3ccccc3O2)cc1C(C)C. The summed E-state index contributed by atoms with van der Waals surface area (Å²) in [6.07, 6.45) is -0.662. The zero-order valence-electron chi connectivity index (χ0n) is 16.5. The van der Waals surface area contributed by atoms with Gasteiger partial charge in [0.05, 0.1) is 13.2 Å². The molecule has 0 bridgehead atoms. The van der Waals surface area contributed by atoms with E-state index in [1.165, 1.54) is 0 Å². The van der Waals surface area contributed by atoms with Gasteiger partial charge in [-0.1, -0.05) is 26.0 Å². The number of hydrogen-bond donors (Lipinski definition) is 1. The Hall–Kier alpha value is -2.69. The topological polar surface area (TPSA) is 56.8 Å². The molecule has 0 saturated heterocycles. The molecular formula is C22H27NO4. The minimum Gasteiger partial charge on any atom is -0.496 e. The first-order valence-corrected chi connectivity index (χ1v) is 9.28. The van der Waals surface area contributed by atoms with Gasteiger partial charge in [-0.2, -0.15) is 0 Å². The van der Waals surface area contributed by atoms with Crippen LogP contribution in [0.1, 0.15) is 49.4 Å². The summed E-state index contributed by atoms with van der Waals surface area (Å²) in [5.41, 5.74) is 3.28. The van der Waals surface area contributed by atoms with Crippen molar-refractivity contribution in [3.8, 4) is 17.2 Å². The van der Waals surface area contributed by atoms with Gasteiger partial charge in [0.2, 0.25) is 6.10 Å². The van der Waals surface area contributed by atoms with Crippen LogP contribution >= 0.6 is 0 Å². The van der Waals surface area contributed by atoms with Crippen molar-refractivity contribution in [3.63, 3.8) is 0 Å². The van der Waals surface area contributed by atoms with Gasteiger partial charge >= 0.3 is 0 Å². The maximum absolute atomic E-state index is 12.7. The number of para-hydroxylation sites is 2. The summed E-state index contributed by atoms with van der Waals surface area (Å²) >= 11 is 0. The van der Waals surface area contributed by atoms with Gasteiger partial charge in [-0.05, 0) is 60.7 Å². The molecule has 27 heavy (non-hydrogen) atoms. The number of ether oxygens (including phenoxy) is 3. The van der Waals surface area contributed by atoms with Crippen molar-refractivity contribution in [1.29, 1.82) is 0 Å². The Morgan fingerprint density at radius 3 is 2.52 bits per heavy atom. The van der Waals surface area contributed by atoms with Crippen LogP contribution in [0.15, 0.2) is 36.4 Å². The molecule has 0 fully saturated rings. The van der Waals surface area contributed by atoms with E-state index in [0.29, 0.717) is 17.4 Å². The van der Waals surface area contributed by atoms with Crippen LogP contribution in [0.3, 0.4) is 0 Å². The Labute approximate surface area is 160 Å². The van der Waals surface area contributed by atoms with Gasteiger partial charge in [0, 0.05) is 0 Å². The van der Waals surface area contributed by atoms with E-state index in [1.807, 2.05) is 38.1 Å². The van der Waals surface area contributed by atoms with Gasteiger partial charge in [0.1, 0.15) is 12.4 Å². The van der Waals surface area contributed by atoms with E-state index in [0.717, 1.165) is 22.4 Å². The molecule has 144 valence electrons. The number of carbonyl (C=O) groups excluding carboxylic acids is 1. The maximum atomic E-state index is 12.7. The number of amides is 1. The van der Waals surface area contributed by atoms with E-state index >= 15 is 0 Å². The number of nitrogens with one attached hydrogen (secondary N) is 1. The lowest BCUT2D eigenvalue weighted by Crippen LogP contribution is -2.44. The average molecular weight is 369 g/mol. The van der Waals surface area contributed by atoms with Crippen LogP contribution < -0.4 is 19.5 Å². The molecule has 0 spiro atoms. The Bertz CT molecular complexity index is 831. The molecule has 2 atom stereocenters. The summed E-state index contributed by atoms with van der Waals surface area (Å²) in [7, 11) is 1.68. The Kier molecular flexibility index (Phi) is 5.59. The van der Waals surface area contributed by atoms with Crippen LogP contribution in [0.2, 0.25) is 0 Å². The zero-order valence-corrected chi connectivity index (χ0v) is 16.5. The summed E-state index contributed by atoms with van der Waals surface area (Å²) in [6.45, 7) is 8.47. The van der Waals surface area contributed by atoms with Gasteiger partial charge in [0.25, 0.3) is 5.91 Å². The minimum absolute atomic E-state index is 0.151. The molecule has 3 rings (SSSR count). The first-order valence-electron chi connectivity index (χ1n) is 9.28. The smallest absolute Gasteiger partial charge is 0.265 e. The van der Waals surface area contributed by atoms with Crippen LogP contribution in [0.4, 0.5) is 0 Å². The van der Waals surface area contributed by atoms with Gasteiger partial charge < -0.3 is 19.5 Å². The van der Waals surface area contributed by atoms with Gasteiger partial charge in [-0.3, -0.25) is 4.79 Å². The lowest BCUT2D eigenvalue weighted by molar-refractivity contribution is -0.131. The standard InChI is InChI=1S/C22H27NO4/c1-13(2)16-11-17(14(3)10-20(16)25-5)15(4)23-22(24)21-12-26-18-8-6-7-9-19(18)27-21/h6-11,13,15,21H,12H2,1-5H3,(H,23,24)/t15-,21+/m0/s1. The molecule has 0 unspecified atom stereocenters. The van der Waals surface area contributed by atoms with Crippen molar-refractivity contribution in [2.75, 3.05) is 13.7 Å². The second kappa shape index (κ2) is 7.91. The molecule has 1 N–H and O–H groups in total. The minimum atomic E-state index is -0.662. The van der Waals surface area contributed by atoms with E-state index in [2.05, 4.69) is 25.2 Å². The fourth-order valence-electron chi connectivity index (χ4n) is 3.34. The van der Waals surface area contributed by atoms with Crippen LogP contribution in [0, 0.1) is 6.92 Å². The lowest BCUT2D eigenvalue weighted by atomic mass is 9.93. The highest BCUT2D eigenvalue weighted by atomic mass is 16.6. The highest BCUT2D eigenvalue weighted by Gasteiger charge is 2.28. The normalized spacial score (nSPS) is 16.7. The van der Waals surface area contributed by atoms with Crippen molar-refractivity contribution in [2.45, 2.75) is 45.8 Å². The van der Waals surface area contributed by atoms with E-state index in [9.17, 15) is 4.79 Å². The molecule has 5 nitrogen and oxygen atoms in total. The van der Waals surface area contributed by atoms with E-state index in [-0.39, 0.29) is 18.6 Å². The molecule has 1 heterocycles. The molecule has 1 aliphatic rings. The van der Waals surface area contributed by atoms with Gasteiger partial charge in [0.15, 0.2) is 11.5 Å². The number of hydrogen-bond acceptors (Lipinski definition) is 4. The summed E-state index contributed by atoms with van der Waals surface area (Å²) in [5.74, 6) is 2.29. The third kappa shape index (κ3) is 4.02. The zero-order chi connectivity index (χ0) is 19.6. The van der Waals surface area contributed by atoms with Crippen molar-refractivity contribution in [1.82, 2.24) is 5.32 Å². The predicted molar refractivity (Wildman–Crippen MR) is 105 cm³/mol. The number of fused-ring (bicyclic) bond motifs is 1. The van der Waals surface area contributed by atoms with Crippen LogP contribution in [0.5, 0.6) is 17.2 Å². The molecular weight excluding hydrogens is 342 g/mol. The fraction of sp³-hybridized carbons (Fsp3) is 0.409. The first kappa shape index (κ1) is 19.1. The summed E-state index contributed by atoms with van der Waals surface area (Å²) in [5, 5.41) is 3.06. The van der Waals surface area contributed by atoms with Crippen LogP contribution in [-0.4, -0.2) is 25.7 Å². The highest BCUT2D eigenvalue weighted by Crippen LogP contribution is 2.33. The van der Waals surface area contributed by atoms with E-state index in [1.54, 1.807) is 13.2 Å². The van der Waals surface area contributed by atoms with Crippen molar-refractivity contribution < 1.29 is 19.0 Å². The second-order valence-electron chi connectivity index (χ2n) is 7.20. The monoisotopic (exact) mass is 369 g/mol. The highest BCUT2D eigenvalue weighted by molar-refractivity contribution is 5.82. The third-order valence-electron chi connectivity index (χ3n) is 4.87. The molecule has 0 aromatic heterocycles. The fourth-order valence-corrected chi connectivity index (χ4v) is 3.34. The molecule has 2 aromatic carbocycles. The molecule has 5 heteroatoms. The molecule has 0 saturated carbocycles. The molecule has 1 amide bonds. The number of benzene rings is 2. The number of carbonyl (C=O) groups is 1. The summed E-state index contributed by atoms with van der Waals surface area (Å²) in [4.78, 5) is 12.7. The average Bonchev–Trinajstić information content (AvgIpc) is 2.66. The number of aryl methyl sites for hydroxylation is 1. The first-order chi connectivity index (χ1) is 12.9. The van der Waals surface area contributed by atoms with Crippen LogP contribution in [0.25, 0.3) is 0 Å². The summed E-state index contributed by atoms with van der Waals surface area (Å²) in [6, 6.07) is 11.4. The molecule has 2 aromatic rings.